The SMILES string of the molecule is CC/C=C\C/C=C\C/C=C\C/C=C\C/C=C\C/C=C\C/C=C\C/C=C\CCCCCCCCCCCCCCCCC(=O)OC(COC(=O)CCCCCCCCCCCC/C=C\C/C=C\C/C=C\CCCCCCC)COP(=O)(O)OCCN. The fraction of sp³-hybridized carbons (Fsp3) is 0.680. The van der Waals surface area contributed by atoms with Crippen LogP contribution in [-0.2, 0) is 32.7 Å². The summed E-state index contributed by atoms with van der Waals surface area (Å²) in [7, 11) is -4.40. The van der Waals surface area contributed by atoms with Crippen LogP contribution in [0, 0.1) is 0 Å². The lowest BCUT2D eigenvalue weighted by molar-refractivity contribution is -0.161. The van der Waals surface area contributed by atoms with Crippen molar-refractivity contribution in [3.8, 4) is 0 Å². The largest absolute Gasteiger partial charge is 0.472 e. The number of hydrogen-bond donors (Lipinski definition) is 2. The summed E-state index contributed by atoms with van der Waals surface area (Å²) < 4.78 is 33.2. The first-order valence-corrected chi connectivity index (χ1v) is 36.2. The van der Waals surface area contributed by atoms with E-state index in [1.165, 1.54) is 154 Å². The van der Waals surface area contributed by atoms with Crippen molar-refractivity contribution < 1.29 is 37.6 Å². The van der Waals surface area contributed by atoms with Crippen LogP contribution in [0.4, 0.5) is 0 Å². The number of rotatable bonds is 64. The summed E-state index contributed by atoms with van der Waals surface area (Å²) in [5, 5.41) is 0. The molecule has 0 amide bonds. The minimum atomic E-state index is -4.40. The van der Waals surface area contributed by atoms with Crippen LogP contribution >= 0.6 is 7.82 Å². The number of unbranched alkanes of at least 4 members (excludes halogenated alkanes) is 29. The Morgan fingerprint density at radius 3 is 0.965 bits per heavy atom. The van der Waals surface area contributed by atoms with Crippen LogP contribution in [0.15, 0.2) is 134 Å². The van der Waals surface area contributed by atoms with Gasteiger partial charge in [-0.1, -0.05) is 302 Å². The highest BCUT2D eigenvalue weighted by molar-refractivity contribution is 7.47. The lowest BCUT2D eigenvalue weighted by atomic mass is 10.0. The average Bonchev–Trinajstić information content (AvgIpc) is 3.53. The topological polar surface area (TPSA) is 134 Å². The molecule has 486 valence electrons. The molecule has 3 N–H and O–H groups in total. The number of phosphoric ester groups is 1. The molecule has 10 heteroatoms. The molecule has 0 heterocycles. The number of ether oxygens (including phenoxy) is 2. The van der Waals surface area contributed by atoms with Gasteiger partial charge in [0.2, 0.25) is 0 Å². The predicted octanol–water partition coefficient (Wildman–Crippen LogP) is 22.9. The molecule has 0 aromatic rings. The molecule has 0 bridgehead atoms. The molecule has 0 saturated carbocycles. The zero-order chi connectivity index (χ0) is 61.6. The number of carbonyl (C=O) groups is 2. The van der Waals surface area contributed by atoms with Crippen LogP contribution < -0.4 is 5.73 Å². The van der Waals surface area contributed by atoms with Crippen molar-refractivity contribution in [3.63, 3.8) is 0 Å². The standard InChI is InChI=1S/C75H128NO8P/c1-3-5-7-9-11-13-15-17-19-21-23-25-27-29-30-31-32-33-34-35-36-37-38-39-40-41-42-44-46-48-50-52-54-56-58-60-62-64-66-68-75(78)84-73(72-83-85(79,80)82-70-69-76)71-81-74(77)67-65-63-61-59-57-55-53-51-49-47-45-43-28-26-24-22-20-18-16-14-12-10-8-6-4-2/h5,7,11,13,16-19,22-25,28-30,32-33,35-36,38-39,43,73H,3-4,6,8-10,12,14-15,20-21,26-27,31,34,37,40-42,44-72,76H2,1-2H3,(H,79,80)/b7-5-,13-11-,18-16-,19-17-,24-22-,25-23-,30-29-,33-32-,36-35-,39-38-,43-28-. The third-order valence-electron chi connectivity index (χ3n) is 14.5. The maximum absolute atomic E-state index is 12.8. The molecular formula is C75H128NO8P. The van der Waals surface area contributed by atoms with Gasteiger partial charge in [-0.15, -0.1) is 0 Å². The van der Waals surface area contributed by atoms with Gasteiger partial charge in [0.1, 0.15) is 6.61 Å². The number of phosphoric acid groups is 1. The van der Waals surface area contributed by atoms with E-state index >= 15 is 0 Å². The molecule has 0 aliphatic heterocycles. The van der Waals surface area contributed by atoms with Crippen molar-refractivity contribution >= 4 is 19.8 Å². The predicted molar refractivity (Wildman–Crippen MR) is 367 cm³/mol. The van der Waals surface area contributed by atoms with Crippen molar-refractivity contribution in [1.82, 2.24) is 0 Å². The van der Waals surface area contributed by atoms with Gasteiger partial charge in [-0.3, -0.25) is 18.6 Å². The molecule has 0 radical (unpaired) electrons. The van der Waals surface area contributed by atoms with Gasteiger partial charge >= 0.3 is 19.8 Å². The molecule has 0 rings (SSSR count). The lowest BCUT2D eigenvalue weighted by Crippen LogP contribution is -2.29. The van der Waals surface area contributed by atoms with Gasteiger partial charge in [0.05, 0.1) is 13.2 Å². The second kappa shape index (κ2) is 69.3. The molecular weight excluding hydrogens is 1070 g/mol. The Bertz CT molecular complexity index is 1860. The summed E-state index contributed by atoms with van der Waals surface area (Å²) in [5.74, 6) is -0.831. The van der Waals surface area contributed by atoms with Gasteiger partial charge in [-0.05, 0) is 116 Å². The van der Waals surface area contributed by atoms with Crippen molar-refractivity contribution in [3.05, 3.63) is 134 Å². The van der Waals surface area contributed by atoms with Crippen LogP contribution in [0.2, 0.25) is 0 Å². The average molecular weight is 1200 g/mol. The highest BCUT2D eigenvalue weighted by Crippen LogP contribution is 2.43. The van der Waals surface area contributed by atoms with E-state index in [1.54, 1.807) is 0 Å². The summed E-state index contributed by atoms with van der Waals surface area (Å²) in [6.07, 6.45) is 98.2. The van der Waals surface area contributed by atoms with E-state index in [9.17, 15) is 19.0 Å². The first-order valence-electron chi connectivity index (χ1n) is 34.7. The molecule has 9 nitrogen and oxygen atoms in total. The van der Waals surface area contributed by atoms with Gasteiger partial charge in [-0.25, -0.2) is 4.57 Å². The van der Waals surface area contributed by atoms with E-state index < -0.39 is 26.5 Å². The van der Waals surface area contributed by atoms with Crippen LogP contribution in [-0.4, -0.2) is 49.3 Å². The molecule has 2 atom stereocenters. The number of hydrogen-bond acceptors (Lipinski definition) is 8. The van der Waals surface area contributed by atoms with Crippen LogP contribution in [0.3, 0.4) is 0 Å². The third-order valence-corrected chi connectivity index (χ3v) is 15.5. The summed E-state index contributed by atoms with van der Waals surface area (Å²) in [6, 6.07) is 0. The summed E-state index contributed by atoms with van der Waals surface area (Å²) in [4.78, 5) is 35.3. The molecule has 0 fully saturated rings. The number of carbonyl (C=O) groups excluding carboxylic acids is 2. The van der Waals surface area contributed by atoms with E-state index in [-0.39, 0.29) is 38.6 Å². The van der Waals surface area contributed by atoms with E-state index in [4.69, 9.17) is 24.3 Å². The van der Waals surface area contributed by atoms with Gasteiger partial charge in [0.25, 0.3) is 0 Å². The maximum atomic E-state index is 12.8. The fourth-order valence-corrected chi connectivity index (χ4v) is 10.2. The van der Waals surface area contributed by atoms with Crippen molar-refractivity contribution in [1.29, 1.82) is 0 Å². The van der Waals surface area contributed by atoms with Crippen molar-refractivity contribution in [2.75, 3.05) is 26.4 Å². The zero-order valence-corrected chi connectivity index (χ0v) is 55.4. The first kappa shape index (κ1) is 81.2. The van der Waals surface area contributed by atoms with Crippen molar-refractivity contribution in [2.24, 2.45) is 5.73 Å². The van der Waals surface area contributed by atoms with E-state index in [1.807, 2.05) is 0 Å². The Morgan fingerprint density at radius 2 is 0.647 bits per heavy atom. The highest BCUT2D eigenvalue weighted by Gasteiger charge is 2.26. The molecule has 0 aromatic carbocycles. The maximum Gasteiger partial charge on any atom is 0.472 e. The number of allylic oxidation sites excluding steroid dienone is 22. The van der Waals surface area contributed by atoms with Gasteiger partial charge in [-0.2, -0.15) is 0 Å². The van der Waals surface area contributed by atoms with E-state index in [2.05, 4.69) is 148 Å². The third kappa shape index (κ3) is 69.1. The Morgan fingerprint density at radius 1 is 0.365 bits per heavy atom. The van der Waals surface area contributed by atoms with Gasteiger partial charge in [0.15, 0.2) is 6.10 Å². The molecule has 85 heavy (non-hydrogen) atoms. The van der Waals surface area contributed by atoms with Gasteiger partial charge in [0, 0.05) is 19.4 Å². The Kier molecular flexibility index (Phi) is 66.1. The van der Waals surface area contributed by atoms with Crippen molar-refractivity contribution in [2.45, 2.75) is 302 Å². The fourth-order valence-electron chi connectivity index (χ4n) is 9.43. The lowest BCUT2D eigenvalue weighted by Gasteiger charge is -2.19. The Labute approximate surface area is 523 Å². The van der Waals surface area contributed by atoms with E-state index in [0.717, 1.165) is 109 Å². The zero-order valence-electron chi connectivity index (χ0n) is 54.5. The summed E-state index contributed by atoms with van der Waals surface area (Å²) in [6.45, 7) is 3.63. The molecule has 0 saturated heterocycles. The summed E-state index contributed by atoms with van der Waals surface area (Å²) in [5.41, 5.74) is 5.40. The molecule has 0 aliphatic carbocycles. The molecule has 0 aromatic heterocycles. The minimum absolute atomic E-state index is 0.0480. The molecule has 2 unspecified atom stereocenters. The quantitative estimate of drug-likeness (QED) is 0.0264. The molecule has 0 aliphatic rings. The van der Waals surface area contributed by atoms with E-state index in [0.29, 0.717) is 6.42 Å². The van der Waals surface area contributed by atoms with Crippen LogP contribution in [0.5, 0.6) is 0 Å². The normalized spacial score (nSPS) is 13.8. The van der Waals surface area contributed by atoms with Crippen LogP contribution in [0.1, 0.15) is 296 Å². The second-order valence-electron chi connectivity index (χ2n) is 22.7. The monoisotopic (exact) mass is 1200 g/mol. The Balaban J connectivity index is 3.92. The first-order chi connectivity index (χ1) is 41.8. The number of esters is 2. The summed E-state index contributed by atoms with van der Waals surface area (Å²) >= 11 is 0. The van der Waals surface area contributed by atoms with Crippen LogP contribution in [0.25, 0.3) is 0 Å². The van der Waals surface area contributed by atoms with Gasteiger partial charge < -0.3 is 20.1 Å². The Hall–Kier alpha value is -3.85. The highest BCUT2D eigenvalue weighted by atomic mass is 31.2. The minimum Gasteiger partial charge on any atom is -0.462 e. The smallest absolute Gasteiger partial charge is 0.462 e. The molecule has 0 spiro atoms. The number of nitrogens with two attached hydrogens (primary N) is 1. The second-order valence-corrected chi connectivity index (χ2v) is 24.1.